The van der Waals surface area contributed by atoms with E-state index in [1.54, 1.807) is 58.9 Å². The molecule has 0 aromatic heterocycles. The number of ether oxygens (including phenoxy) is 1. The number of hydrogen-bond donors (Lipinski definition) is 3. The molecular formula is C25H32N4O5. The number of rotatable bonds is 9. The van der Waals surface area contributed by atoms with Crippen molar-refractivity contribution in [2.75, 3.05) is 0 Å². The number of carbonyl (C=O) groups excluding carboxylic acids is 4. The summed E-state index contributed by atoms with van der Waals surface area (Å²) in [5.41, 5.74) is 5.40. The summed E-state index contributed by atoms with van der Waals surface area (Å²) in [6.45, 7) is 8.50. The minimum absolute atomic E-state index is 0.139. The summed E-state index contributed by atoms with van der Waals surface area (Å²) in [7, 11) is 0. The normalized spacial score (nSPS) is 12.5. The highest BCUT2D eigenvalue weighted by Gasteiger charge is 2.36. The minimum atomic E-state index is -1.27. The van der Waals surface area contributed by atoms with Gasteiger partial charge in [-0.15, -0.1) is 6.42 Å². The second-order valence-corrected chi connectivity index (χ2v) is 8.87. The number of nitrogens with two attached hydrogens (primary N) is 1. The second kappa shape index (κ2) is 12.3. The first kappa shape index (κ1) is 28.1. The molecule has 0 bridgehead atoms. The number of alkyl carbamates (subject to hydrolysis) is 1. The van der Waals surface area contributed by atoms with E-state index < -0.39 is 41.5 Å². The van der Waals surface area contributed by atoms with E-state index >= 15 is 0 Å². The molecule has 182 valence electrons. The van der Waals surface area contributed by atoms with Gasteiger partial charge in [0.1, 0.15) is 17.7 Å². The van der Waals surface area contributed by atoms with Gasteiger partial charge in [0.05, 0.1) is 0 Å². The van der Waals surface area contributed by atoms with E-state index in [2.05, 4.69) is 22.6 Å². The number of carbonyl (C=O) groups is 4. The summed E-state index contributed by atoms with van der Waals surface area (Å²) in [4.78, 5) is 51.1. The molecule has 0 saturated carbocycles. The monoisotopic (exact) mass is 468 g/mol. The Kier molecular flexibility index (Phi) is 10.2. The summed E-state index contributed by atoms with van der Waals surface area (Å²) in [5, 5.41) is 5.18. The quantitative estimate of drug-likeness (QED) is 0.376. The molecule has 34 heavy (non-hydrogen) atoms. The van der Waals surface area contributed by atoms with Crippen LogP contribution in [0.4, 0.5) is 4.79 Å². The van der Waals surface area contributed by atoms with Gasteiger partial charge in [0.15, 0.2) is 0 Å². The van der Waals surface area contributed by atoms with Crippen LogP contribution in [0.5, 0.6) is 0 Å². The van der Waals surface area contributed by atoms with Crippen molar-refractivity contribution < 1.29 is 23.9 Å². The number of nitrogens with zero attached hydrogens (tertiary/aromatic N) is 1. The van der Waals surface area contributed by atoms with Gasteiger partial charge in [-0.25, -0.2) is 4.79 Å². The summed E-state index contributed by atoms with van der Waals surface area (Å²) in [5.74, 6) is 0.503. The fraction of sp³-hybridized carbons (Fsp3) is 0.440. The second-order valence-electron chi connectivity index (χ2n) is 8.87. The average molecular weight is 469 g/mol. The molecule has 1 aromatic carbocycles. The first-order valence-electron chi connectivity index (χ1n) is 10.7. The Morgan fingerprint density at radius 3 is 2.12 bits per heavy atom. The van der Waals surface area contributed by atoms with E-state index in [1.807, 2.05) is 0 Å². The molecule has 4 amide bonds. The maximum absolute atomic E-state index is 13.5. The van der Waals surface area contributed by atoms with Gasteiger partial charge < -0.3 is 21.1 Å². The SMILES string of the molecule is C#Cc1ccc(C(C(=O)NC(C)C)N(C#C)C(=O)C(CCC(N)=O)NC(=O)OC(C)(C)C)cc1. The fourth-order valence-corrected chi connectivity index (χ4v) is 2.97. The first-order valence-corrected chi connectivity index (χ1v) is 10.7. The maximum Gasteiger partial charge on any atom is 0.408 e. The average Bonchev–Trinajstić information content (AvgIpc) is 2.72. The molecule has 0 aliphatic rings. The predicted molar refractivity (Wildman–Crippen MR) is 128 cm³/mol. The van der Waals surface area contributed by atoms with Crippen molar-refractivity contribution in [2.45, 2.75) is 71.2 Å². The van der Waals surface area contributed by atoms with Crippen LogP contribution in [0.2, 0.25) is 0 Å². The van der Waals surface area contributed by atoms with Crippen molar-refractivity contribution in [1.82, 2.24) is 15.5 Å². The molecule has 0 aliphatic carbocycles. The zero-order valence-corrected chi connectivity index (χ0v) is 20.2. The largest absolute Gasteiger partial charge is 0.444 e. The van der Waals surface area contributed by atoms with Gasteiger partial charge in [0.2, 0.25) is 11.8 Å². The molecule has 0 heterocycles. The molecule has 0 spiro atoms. The Morgan fingerprint density at radius 2 is 1.68 bits per heavy atom. The Bertz CT molecular complexity index is 981. The molecule has 1 rings (SSSR count). The number of nitrogens with one attached hydrogen (secondary N) is 2. The van der Waals surface area contributed by atoms with Crippen molar-refractivity contribution in [3.05, 3.63) is 35.4 Å². The van der Waals surface area contributed by atoms with Crippen LogP contribution in [-0.2, 0) is 19.1 Å². The van der Waals surface area contributed by atoms with Crippen LogP contribution in [0.15, 0.2) is 24.3 Å². The van der Waals surface area contributed by atoms with Gasteiger partial charge in [-0.2, -0.15) is 0 Å². The zero-order chi connectivity index (χ0) is 26.1. The number of hydrogen-bond acceptors (Lipinski definition) is 5. The molecule has 0 radical (unpaired) electrons. The minimum Gasteiger partial charge on any atom is -0.444 e. The van der Waals surface area contributed by atoms with Crippen LogP contribution < -0.4 is 16.4 Å². The van der Waals surface area contributed by atoms with E-state index in [1.165, 1.54) is 0 Å². The number of benzene rings is 1. The number of amides is 4. The van der Waals surface area contributed by atoms with Crippen molar-refractivity contribution >= 4 is 23.8 Å². The number of primary amides is 1. The topological polar surface area (TPSA) is 131 Å². The molecule has 9 nitrogen and oxygen atoms in total. The van der Waals surface area contributed by atoms with Crippen molar-refractivity contribution in [1.29, 1.82) is 0 Å². The van der Waals surface area contributed by atoms with E-state index in [-0.39, 0.29) is 18.9 Å². The Hall–Kier alpha value is -3.98. The van der Waals surface area contributed by atoms with Gasteiger partial charge in [-0.05, 0) is 58.7 Å². The molecule has 1 aromatic rings. The Balaban J connectivity index is 3.38. The zero-order valence-electron chi connectivity index (χ0n) is 20.2. The molecule has 9 heteroatoms. The van der Waals surface area contributed by atoms with Crippen molar-refractivity contribution in [2.24, 2.45) is 5.73 Å². The summed E-state index contributed by atoms with van der Waals surface area (Å²) in [6.07, 6.45) is 9.85. The van der Waals surface area contributed by atoms with E-state index in [0.717, 1.165) is 4.90 Å². The lowest BCUT2D eigenvalue weighted by molar-refractivity contribution is -0.139. The van der Waals surface area contributed by atoms with E-state index in [4.69, 9.17) is 23.3 Å². The predicted octanol–water partition coefficient (Wildman–Crippen LogP) is 1.81. The van der Waals surface area contributed by atoms with Gasteiger partial charge >= 0.3 is 6.09 Å². The van der Waals surface area contributed by atoms with E-state index in [9.17, 15) is 19.2 Å². The van der Waals surface area contributed by atoms with Gasteiger partial charge in [-0.3, -0.25) is 19.3 Å². The van der Waals surface area contributed by atoms with Crippen molar-refractivity contribution in [3.63, 3.8) is 0 Å². The Labute approximate surface area is 200 Å². The van der Waals surface area contributed by atoms with E-state index in [0.29, 0.717) is 11.1 Å². The van der Waals surface area contributed by atoms with Gasteiger partial charge in [0, 0.05) is 24.1 Å². The van der Waals surface area contributed by atoms with Crippen LogP contribution >= 0.6 is 0 Å². The van der Waals surface area contributed by atoms with Gasteiger partial charge in [-0.1, -0.05) is 24.5 Å². The van der Waals surface area contributed by atoms with Crippen LogP contribution in [0.3, 0.4) is 0 Å². The molecule has 0 aliphatic heterocycles. The lowest BCUT2D eigenvalue weighted by atomic mass is 10.0. The van der Waals surface area contributed by atoms with Crippen LogP contribution in [0.25, 0.3) is 0 Å². The summed E-state index contributed by atoms with van der Waals surface area (Å²) < 4.78 is 5.22. The fourth-order valence-electron chi connectivity index (χ4n) is 2.97. The first-order chi connectivity index (χ1) is 15.8. The molecule has 2 atom stereocenters. The van der Waals surface area contributed by atoms with Crippen molar-refractivity contribution in [3.8, 4) is 24.8 Å². The highest BCUT2D eigenvalue weighted by molar-refractivity contribution is 5.93. The molecule has 2 unspecified atom stereocenters. The van der Waals surface area contributed by atoms with Crippen LogP contribution in [0, 0.1) is 24.8 Å². The van der Waals surface area contributed by atoms with Crippen LogP contribution in [-0.4, -0.2) is 46.4 Å². The summed E-state index contributed by atoms with van der Waals surface area (Å²) in [6, 6.07) is 5.95. The summed E-state index contributed by atoms with van der Waals surface area (Å²) >= 11 is 0. The third-order valence-electron chi connectivity index (χ3n) is 4.38. The third kappa shape index (κ3) is 8.87. The highest BCUT2D eigenvalue weighted by atomic mass is 16.6. The Morgan fingerprint density at radius 1 is 1.09 bits per heavy atom. The smallest absolute Gasteiger partial charge is 0.408 e. The molecule has 0 saturated heterocycles. The molecular weight excluding hydrogens is 436 g/mol. The lowest BCUT2D eigenvalue weighted by Crippen LogP contribution is -2.52. The lowest BCUT2D eigenvalue weighted by Gasteiger charge is -2.30. The highest BCUT2D eigenvalue weighted by Crippen LogP contribution is 2.23. The van der Waals surface area contributed by atoms with Crippen LogP contribution in [0.1, 0.15) is 64.6 Å². The van der Waals surface area contributed by atoms with Gasteiger partial charge in [0.25, 0.3) is 5.91 Å². The third-order valence-corrected chi connectivity index (χ3v) is 4.38. The molecule has 0 fully saturated rings. The standard InChI is InChI=1S/C25H32N4O5/c1-8-17-10-12-18(13-11-17)21(22(31)27-16(3)4)29(9-2)23(32)19(14-15-20(26)30)28-24(33)34-25(5,6)7/h1-2,10-13,16,19,21H,14-15H2,3-7H3,(H2,26,30)(H,27,31)(H,28,33). The molecule has 4 N–H and O–H groups in total. The number of terminal acetylenes is 2. The maximum atomic E-state index is 13.5.